The standard InChI is InChI=1S/C12H9ClO2S/c1-15-12(14)11-6-5-10(16-11)8-3-2-4-9(13)7-8/h2-7H,1H3. The minimum atomic E-state index is -0.307. The maximum absolute atomic E-state index is 11.3. The van der Waals surface area contributed by atoms with Crippen LogP contribution in [0.4, 0.5) is 0 Å². The molecule has 0 saturated carbocycles. The van der Waals surface area contributed by atoms with Crippen LogP contribution in [0.2, 0.25) is 5.02 Å². The van der Waals surface area contributed by atoms with E-state index in [1.165, 1.54) is 18.4 Å². The molecule has 0 spiro atoms. The lowest BCUT2D eigenvalue weighted by Gasteiger charge is -1.97. The number of halogens is 1. The van der Waals surface area contributed by atoms with E-state index in [0.717, 1.165) is 10.4 Å². The van der Waals surface area contributed by atoms with Crippen LogP contribution in [0.25, 0.3) is 10.4 Å². The molecule has 0 atom stereocenters. The van der Waals surface area contributed by atoms with E-state index in [4.69, 9.17) is 11.6 Å². The van der Waals surface area contributed by atoms with Gasteiger partial charge in [-0.2, -0.15) is 0 Å². The van der Waals surface area contributed by atoms with Crippen LogP contribution in [0.15, 0.2) is 36.4 Å². The first-order valence-electron chi connectivity index (χ1n) is 4.65. The quantitative estimate of drug-likeness (QED) is 0.759. The second kappa shape index (κ2) is 4.68. The highest BCUT2D eigenvalue weighted by molar-refractivity contribution is 7.17. The molecule has 1 aromatic heterocycles. The first kappa shape index (κ1) is 11.2. The molecule has 2 aromatic rings. The number of esters is 1. The molecule has 82 valence electrons. The van der Waals surface area contributed by atoms with Crippen molar-refractivity contribution in [2.45, 2.75) is 0 Å². The van der Waals surface area contributed by atoms with Gasteiger partial charge >= 0.3 is 5.97 Å². The summed E-state index contributed by atoms with van der Waals surface area (Å²) >= 11 is 7.30. The SMILES string of the molecule is COC(=O)c1ccc(-c2cccc(Cl)c2)s1. The molecule has 0 unspecified atom stereocenters. The lowest BCUT2D eigenvalue weighted by Crippen LogP contribution is -1.96. The summed E-state index contributed by atoms with van der Waals surface area (Å²) in [5, 5.41) is 0.686. The fraction of sp³-hybridized carbons (Fsp3) is 0.0833. The first-order valence-corrected chi connectivity index (χ1v) is 5.84. The topological polar surface area (TPSA) is 26.3 Å². The summed E-state index contributed by atoms with van der Waals surface area (Å²) in [6, 6.07) is 11.2. The molecule has 2 nitrogen and oxygen atoms in total. The van der Waals surface area contributed by atoms with Gasteiger partial charge in [0.1, 0.15) is 4.88 Å². The van der Waals surface area contributed by atoms with E-state index in [2.05, 4.69) is 4.74 Å². The summed E-state index contributed by atoms with van der Waals surface area (Å²) in [7, 11) is 1.38. The molecule has 4 heteroatoms. The molecule has 1 aromatic carbocycles. The van der Waals surface area contributed by atoms with Gasteiger partial charge in [0.05, 0.1) is 7.11 Å². The van der Waals surface area contributed by atoms with Crippen LogP contribution in [0.3, 0.4) is 0 Å². The van der Waals surface area contributed by atoms with Crippen LogP contribution in [-0.4, -0.2) is 13.1 Å². The fourth-order valence-corrected chi connectivity index (χ4v) is 2.46. The Morgan fingerprint density at radius 3 is 2.81 bits per heavy atom. The molecule has 0 amide bonds. The Morgan fingerprint density at radius 1 is 1.31 bits per heavy atom. The van der Waals surface area contributed by atoms with E-state index >= 15 is 0 Å². The van der Waals surface area contributed by atoms with Crippen molar-refractivity contribution in [1.82, 2.24) is 0 Å². The molecule has 0 aliphatic rings. The number of carbonyl (C=O) groups excluding carboxylic acids is 1. The molecule has 0 aliphatic carbocycles. The maximum atomic E-state index is 11.3. The Balaban J connectivity index is 2.35. The normalized spacial score (nSPS) is 10.1. The van der Waals surface area contributed by atoms with Crippen molar-refractivity contribution in [3.05, 3.63) is 46.3 Å². The maximum Gasteiger partial charge on any atom is 0.348 e. The van der Waals surface area contributed by atoms with Crippen LogP contribution < -0.4 is 0 Å². The highest BCUT2D eigenvalue weighted by Crippen LogP contribution is 2.29. The van der Waals surface area contributed by atoms with Crippen LogP contribution in [0, 0.1) is 0 Å². The number of hydrogen-bond donors (Lipinski definition) is 0. The fourth-order valence-electron chi connectivity index (χ4n) is 1.35. The lowest BCUT2D eigenvalue weighted by molar-refractivity contribution is 0.0606. The second-order valence-electron chi connectivity index (χ2n) is 3.17. The molecular weight excluding hydrogens is 244 g/mol. The number of carbonyl (C=O) groups is 1. The van der Waals surface area contributed by atoms with Crippen molar-refractivity contribution in [2.24, 2.45) is 0 Å². The molecule has 0 saturated heterocycles. The van der Waals surface area contributed by atoms with Crippen molar-refractivity contribution < 1.29 is 9.53 Å². The zero-order valence-corrected chi connectivity index (χ0v) is 10.1. The van der Waals surface area contributed by atoms with Gasteiger partial charge in [-0.05, 0) is 29.8 Å². The van der Waals surface area contributed by atoms with Gasteiger partial charge in [-0.1, -0.05) is 23.7 Å². The highest BCUT2D eigenvalue weighted by Gasteiger charge is 2.09. The average molecular weight is 253 g/mol. The second-order valence-corrected chi connectivity index (χ2v) is 4.69. The van der Waals surface area contributed by atoms with Gasteiger partial charge in [-0.3, -0.25) is 0 Å². The van der Waals surface area contributed by atoms with Gasteiger partial charge in [-0.25, -0.2) is 4.79 Å². The Hall–Kier alpha value is -1.32. The molecule has 0 radical (unpaired) electrons. The summed E-state index contributed by atoms with van der Waals surface area (Å²) in [5.74, 6) is -0.307. The summed E-state index contributed by atoms with van der Waals surface area (Å²) < 4.78 is 4.65. The number of ether oxygens (including phenoxy) is 1. The molecule has 0 N–H and O–H groups in total. The van der Waals surface area contributed by atoms with E-state index in [-0.39, 0.29) is 5.97 Å². The first-order chi connectivity index (χ1) is 7.70. The third kappa shape index (κ3) is 2.26. The molecule has 0 fully saturated rings. The predicted molar refractivity (Wildman–Crippen MR) is 66.1 cm³/mol. The number of methoxy groups -OCH3 is 1. The minimum Gasteiger partial charge on any atom is -0.465 e. The minimum absolute atomic E-state index is 0.307. The molecular formula is C12H9ClO2S. The Labute approximate surface area is 102 Å². The predicted octanol–water partition coefficient (Wildman–Crippen LogP) is 3.86. The third-order valence-electron chi connectivity index (χ3n) is 2.10. The smallest absolute Gasteiger partial charge is 0.348 e. The zero-order chi connectivity index (χ0) is 11.5. The Morgan fingerprint density at radius 2 is 2.12 bits per heavy atom. The third-order valence-corrected chi connectivity index (χ3v) is 3.45. The monoisotopic (exact) mass is 252 g/mol. The number of hydrogen-bond acceptors (Lipinski definition) is 3. The largest absolute Gasteiger partial charge is 0.465 e. The van der Waals surface area contributed by atoms with Crippen molar-refractivity contribution in [2.75, 3.05) is 7.11 Å². The lowest BCUT2D eigenvalue weighted by atomic mass is 10.2. The van der Waals surface area contributed by atoms with E-state index < -0.39 is 0 Å². The van der Waals surface area contributed by atoms with Crippen LogP contribution in [0.1, 0.15) is 9.67 Å². The number of thiophene rings is 1. The molecule has 1 heterocycles. The van der Waals surface area contributed by atoms with Crippen molar-refractivity contribution in [1.29, 1.82) is 0 Å². The summed E-state index contributed by atoms with van der Waals surface area (Å²) in [4.78, 5) is 12.9. The van der Waals surface area contributed by atoms with E-state index in [1.54, 1.807) is 6.07 Å². The summed E-state index contributed by atoms with van der Waals surface area (Å²) in [5.41, 5.74) is 1.01. The van der Waals surface area contributed by atoms with Gasteiger partial charge in [0, 0.05) is 9.90 Å². The van der Waals surface area contributed by atoms with Crippen LogP contribution in [-0.2, 0) is 4.74 Å². The van der Waals surface area contributed by atoms with Crippen molar-refractivity contribution in [3.8, 4) is 10.4 Å². The van der Waals surface area contributed by atoms with E-state index in [9.17, 15) is 4.79 Å². The molecule has 0 bridgehead atoms. The van der Waals surface area contributed by atoms with Gasteiger partial charge < -0.3 is 4.74 Å². The van der Waals surface area contributed by atoms with E-state index in [1.807, 2.05) is 30.3 Å². The summed E-state index contributed by atoms with van der Waals surface area (Å²) in [6.07, 6.45) is 0. The average Bonchev–Trinajstić information content (AvgIpc) is 2.77. The van der Waals surface area contributed by atoms with Crippen molar-refractivity contribution >= 4 is 28.9 Å². The van der Waals surface area contributed by atoms with E-state index in [0.29, 0.717) is 9.90 Å². The molecule has 0 aliphatic heterocycles. The zero-order valence-electron chi connectivity index (χ0n) is 8.57. The summed E-state index contributed by atoms with van der Waals surface area (Å²) in [6.45, 7) is 0. The van der Waals surface area contributed by atoms with Gasteiger partial charge in [-0.15, -0.1) is 11.3 Å². The Bertz CT molecular complexity index is 519. The molecule has 2 rings (SSSR count). The highest BCUT2D eigenvalue weighted by atomic mass is 35.5. The van der Waals surface area contributed by atoms with Gasteiger partial charge in [0.25, 0.3) is 0 Å². The van der Waals surface area contributed by atoms with Crippen LogP contribution >= 0.6 is 22.9 Å². The number of rotatable bonds is 2. The number of benzene rings is 1. The van der Waals surface area contributed by atoms with Crippen LogP contribution in [0.5, 0.6) is 0 Å². The van der Waals surface area contributed by atoms with Gasteiger partial charge in [0.15, 0.2) is 0 Å². The Kier molecular flexibility index (Phi) is 3.27. The van der Waals surface area contributed by atoms with Gasteiger partial charge in [0.2, 0.25) is 0 Å². The van der Waals surface area contributed by atoms with Crippen molar-refractivity contribution in [3.63, 3.8) is 0 Å². The molecule has 16 heavy (non-hydrogen) atoms.